The minimum absolute atomic E-state index is 0.193. The number of pyridine rings is 1. The highest BCUT2D eigenvalue weighted by Crippen LogP contribution is 2.23. The lowest BCUT2D eigenvalue weighted by molar-refractivity contribution is -0.128. The zero-order valence-corrected chi connectivity index (χ0v) is 10.7. The summed E-state index contributed by atoms with van der Waals surface area (Å²) in [6.45, 7) is 1.40. The molecule has 0 saturated carbocycles. The van der Waals surface area contributed by atoms with E-state index in [1.54, 1.807) is 6.20 Å². The molecular weight excluding hydrogens is 250 g/mol. The van der Waals surface area contributed by atoms with Crippen molar-refractivity contribution in [2.24, 2.45) is 5.92 Å². The molecule has 1 saturated heterocycles. The third kappa shape index (κ3) is 1.97. The van der Waals surface area contributed by atoms with E-state index in [0.29, 0.717) is 24.8 Å². The van der Waals surface area contributed by atoms with Crippen LogP contribution in [0.4, 0.5) is 0 Å². The molecule has 1 aliphatic rings. The van der Waals surface area contributed by atoms with Crippen LogP contribution in [0.15, 0.2) is 24.5 Å². The van der Waals surface area contributed by atoms with Gasteiger partial charge in [0.05, 0.1) is 0 Å². The standard InChI is InChI=1S/C13H14ClN3O/c14-5-9-4-12(18)17(7-9)8-10-6-16-13-11(10)2-1-3-15-13/h1-3,6,9H,4-5,7-8H2,(H,15,16). The summed E-state index contributed by atoms with van der Waals surface area (Å²) in [5, 5.41) is 1.08. The van der Waals surface area contributed by atoms with Crippen LogP contribution >= 0.6 is 11.6 Å². The molecule has 2 aromatic heterocycles. The number of amides is 1. The summed E-state index contributed by atoms with van der Waals surface area (Å²) in [5.74, 6) is 1.04. The predicted molar refractivity (Wildman–Crippen MR) is 70.3 cm³/mol. The molecule has 1 amide bonds. The van der Waals surface area contributed by atoms with Crippen molar-refractivity contribution in [2.75, 3.05) is 12.4 Å². The quantitative estimate of drug-likeness (QED) is 0.863. The van der Waals surface area contributed by atoms with Crippen molar-refractivity contribution in [3.8, 4) is 0 Å². The van der Waals surface area contributed by atoms with Gasteiger partial charge in [0.1, 0.15) is 5.65 Å². The number of hydrogen-bond donors (Lipinski definition) is 1. The Morgan fingerprint density at radius 3 is 3.22 bits per heavy atom. The van der Waals surface area contributed by atoms with E-state index in [1.807, 2.05) is 23.2 Å². The van der Waals surface area contributed by atoms with E-state index in [9.17, 15) is 4.79 Å². The molecule has 1 atom stereocenters. The first kappa shape index (κ1) is 11.5. The summed E-state index contributed by atoms with van der Waals surface area (Å²) in [6.07, 6.45) is 4.26. The number of aromatic amines is 1. The van der Waals surface area contributed by atoms with Gasteiger partial charge >= 0.3 is 0 Å². The number of hydrogen-bond acceptors (Lipinski definition) is 2. The molecule has 3 rings (SSSR count). The predicted octanol–water partition coefficient (Wildman–Crippen LogP) is 2.15. The van der Waals surface area contributed by atoms with Crippen LogP contribution in [0.5, 0.6) is 0 Å². The topological polar surface area (TPSA) is 49.0 Å². The lowest BCUT2D eigenvalue weighted by Crippen LogP contribution is -2.24. The molecule has 0 aromatic carbocycles. The van der Waals surface area contributed by atoms with Crippen LogP contribution in [0.3, 0.4) is 0 Å². The molecule has 0 bridgehead atoms. The van der Waals surface area contributed by atoms with Crippen molar-refractivity contribution in [3.63, 3.8) is 0 Å². The molecule has 0 spiro atoms. The van der Waals surface area contributed by atoms with Gasteiger partial charge in [-0.1, -0.05) is 0 Å². The number of rotatable bonds is 3. The number of halogens is 1. The maximum absolute atomic E-state index is 11.8. The Bertz CT molecular complexity index is 580. The highest BCUT2D eigenvalue weighted by Gasteiger charge is 2.29. The van der Waals surface area contributed by atoms with E-state index in [0.717, 1.165) is 23.1 Å². The summed E-state index contributed by atoms with van der Waals surface area (Å²) in [5.41, 5.74) is 1.98. The van der Waals surface area contributed by atoms with Gasteiger partial charge in [0.15, 0.2) is 0 Å². The fraction of sp³-hybridized carbons (Fsp3) is 0.385. The monoisotopic (exact) mass is 263 g/mol. The van der Waals surface area contributed by atoms with Crippen molar-refractivity contribution >= 4 is 28.5 Å². The van der Waals surface area contributed by atoms with Gasteiger partial charge < -0.3 is 9.88 Å². The van der Waals surface area contributed by atoms with Crippen LogP contribution in [0, 0.1) is 5.92 Å². The van der Waals surface area contributed by atoms with Crippen molar-refractivity contribution < 1.29 is 4.79 Å². The Hall–Kier alpha value is -1.55. The molecule has 2 aromatic rings. The highest BCUT2D eigenvalue weighted by molar-refractivity contribution is 6.18. The van der Waals surface area contributed by atoms with Crippen LogP contribution in [-0.2, 0) is 11.3 Å². The number of H-pyrrole nitrogens is 1. The normalized spacial score (nSPS) is 19.9. The van der Waals surface area contributed by atoms with Crippen molar-refractivity contribution in [1.29, 1.82) is 0 Å². The highest BCUT2D eigenvalue weighted by atomic mass is 35.5. The van der Waals surface area contributed by atoms with Gasteiger partial charge in [-0.15, -0.1) is 11.6 Å². The summed E-state index contributed by atoms with van der Waals surface area (Å²) in [4.78, 5) is 21.1. The third-order valence-corrected chi connectivity index (χ3v) is 3.85. The Kier molecular flexibility index (Phi) is 2.96. The van der Waals surface area contributed by atoms with Crippen molar-refractivity contribution in [2.45, 2.75) is 13.0 Å². The van der Waals surface area contributed by atoms with Crippen LogP contribution in [0.2, 0.25) is 0 Å². The van der Waals surface area contributed by atoms with E-state index in [-0.39, 0.29) is 5.91 Å². The minimum atomic E-state index is 0.193. The second kappa shape index (κ2) is 4.61. The van der Waals surface area contributed by atoms with Gasteiger partial charge in [-0.25, -0.2) is 4.98 Å². The smallest absolute Gasteiger partial charge is 0.223 e. The molecule has 4 nitrogen and oxygen atoms in total. The Morgan fingerprint density at radius 2 is 2.44 bits per heavy atom. The average molecular weight is 264 g/mol. The molecule has 0 radical (unpaired) electrons. The van der Waals surface area contributed by atoms with Gasteiger partial charge in [0, 0.05) is 43.2 Å². The maximum Gasteiger partial charge on any atom is 0.223 e. The first-order chi connectivity index (χ1) is 8.78. The van der Waals surface area contributed by atoms with Crippen molar-refractivity contribution in [1.82, 2.24) is 14.9 Å². The third-order valence-electron chi connectivity index (χ3n) is 3.41. The zero-order chi connectivity index (χ0) is 12.5. The van der Waals surface area contributed by atoms with E-state index >= 15 is 0 Å². The van der Waals surface area contributed by atoms with Crippen LogP contribution in [-0.4, -0.2) is 33.2 Å². The Balaban J connectivity index is 1.83. The number of nitrogens with one attached hydrogen (secondary N) is 1. The van der Waals surface area contributed by atoms with Gasteiger partial charge in [0.25, 0.3) is 0 Å². The minimum Gasteiger partial charge on any atom is -0.346 e. The lowest BCUT2D eigenvalue weighted by atomic mass is 10.1. The summed E-state index contributed by atoms with van der Waals surface area (Å²) < 4.78 is 0. The van der Waals surface area contributed by atoms with E-state index in [1.165, 1.54) is 0 Å². The SMILES string of the molecule is O=C1CC(CCl)CN1Cc1c[nH]c2ncccc12. The zero-order valence-electron chi connectivity index (χ0n) is 9.90. The Morgan fingerprint density at radius 1 is 1.56 bits per heavy atom. The van der Waals surface area contributed by atoms with Crippen molar-refractivity contribution in [3.05, 3.63) is 30.1 Å². The van der Waals surface area contributed by atoms with Gasteiger partial charge in [-0.05, 0) is 23.6 Å². The number of carbonyl (C=O) groups excluding carboxylic acids is 1. The maximum atomic E-state index is 11.8. The van der Waals surface area contributed by atoms with Gasteiger partial charge in [0.2, 0.25) is 5.91 Å². The molecule has 5 heteroatoms. The molecular formula is C13H14ClN3O. The summed E-state index contributed by atoms with van der Waals surface area (Å²) >= 11 is 5.82. The largest absolute Gasteiger partial charge is 0.346 e. The molecule has 1 fully saturated rings. The van der Waals surface area contributed by atoms with Gasteiger partial charge in [-0.3, -0.25) is 4.79 Å². The fourth-order valence-electron chi connectivity index (χ4n) is 2.46. The number of aromatic nitrogens is 2. The number of carbonyl (C=O) groups is 1. The molecule has 1 aliphatic heterocycles. The van der Waals surface area contributed by atoms with E-state index in [4.69, 9.17) is 11.6 Å². The first-order valence-electron chi connectivity index (χ1n) is 6.02. The second-order valence-electron chi connectivity index (χ2n) is 4.71. The molecule has 18 heavy (non-hydrogen) atoms. The van der Waals surface area contributed by atoms with Gasteiger partial charge in [-0.2, -0.15) is 0 Å². The molecule has 0 aliphatic carbocycles. The lowest BCUT2D eigenvalue weighted by Gasteiger charge is -2.15. The Labute approximate surface area is 110 Å². The molecule has 1 unspecified atom stereocenters. The van der Waals surface area contributed by atoms with Crippen LogP contribution < -0.4 is 0 Å². The average Bonchev–Trinajstić information content (AvgIpc) is 2.95. The number of nitrogens with zero attached hydrogens (tertiary/aromatic N) is 2. The van der Waals surface area contributed by atoms with Crippen LogP contribution in [0.25, 0.3) is 11.0 Å². The fourth-order valence-corrected chi connectivity index (χ4v) is 2.67. The molecule has 1 N–H and O–H groups in total. The second-order valence-corrected chi connectivity index (χ2v) is 5.02. The van der Waals surface area contributed by atoms with Crippen LogP contribution in [0.1, 0.15) is 12.0 Å². The first-order valence-corrected chi connectivity index (χ1v) is 6.56. The van der Waals surface area contributed by atoms with E-state index in [2.05, 4.69) is 9.97 Å². The molecule has 3 heterocycles. The molecule has 94 valence electrons. The van der Waals surface area contributed by atoms with E-state index < -0.39 is 0 Å². The number of alkyl halides is 1. The number of fused-ring (bicyclic) bond motifs is 1. The number of likely N-dealkylation sites (tertiary alicyclic amines) is 1. The summed E-state index contributed by atoms with van der Waals surface area (Å²) in [7, 11) is 0. The summed E-state index contributed by atoms with van der Waals surface area (Å²) in [6, 6.07) is 3.93.